The molecule has 0 atom stereocenters. The molecule has 1 saturated heterocycles. The van der Waals surface area contributed by atoms with E-state index in [9.17, 15) is 13.2 Å². The van der Waals surface area contributed by atoms with Crippen molar-refractivity contribution < 1.29 is 13.2 Å². The maximum atomic E-state index is 13.2. The van der Waals surface area contributed by atoms with Crippen LogP contribution in [0.1, 0.15) is 42.6 Å². The van der Waals surface area contributed by atoms with E-state index in [2.05, 4.69) is 15.5 Å². The van der Waals surface area contributed by atoms with E-state index in [4.69, 9.17) is 0 Å². The van der Waals surface area contributed by atoms with Crippen molar-refractivity contribution in [2.75, 3.05) is 13.1 Å². The molecule has 32 heavy (non-hydrogen) atoms. The number of carbonyl (C=O) groups excluding carboxylic acids is 1. The predicted molar refractivity (Wildman–Crippen MR) is 119 cm³/mol. The van der Waals surface area contributed by atoms with E-state index in [1.165, 1.54) is 16.3 Å². The lowest BCUT2D eigenvalue weighted by molar-refractivity contribution is -0.126. The Labute approximate surface area is 187 Å². The van der Waals surface area contributed by atoms with Gasteiger partial charge in [-0.05, 0) is 73.9 Å². The first-order valence-electron chi connectivity index (χ1n) is 11.2. The third-order valence-corrected chi connectivity index (χ3v) is 8.48. The van der Waals surface area contributed by atoms with Crippen molar-refractivity contribution in [2.24, 2.45) is 5.92 Å². The van der Waals surface area contributed by atoms with E-state index in [0.717, 1.165) is 30.5 Å². The molecule has 2 aliphatic rings. The van der Waals surface area contributed by atoms with E-state index in [1.807, 2.05) is 40.9 Å². The number of pyridine rings is 1. The largest absolute Gasteiger partial charge is 0.349 e. The average molecular weight is 454 g/mol. The van der Waals surface area contributed by atoms with Gasteiger partial charge >= 0.3 is 0 Å². The third-order valence-electron chi connectivity index (χ3n) is 6.59. The van der Waals surface area contributed by atoms with Gasteiger partial charge in [0.15, 0.2) is 11.5 Å². The molecule has 3 aromatic rings. The predicted octanol–water partition coefficient (Wildman–Crippen LogP) is 2.33. The molecule has 1 amide bonds. The number of rotatable bonds is 5. The normalized spacial score (nSPS) is 17.9. The second-order valence-corrected chi connectivity index (χ2v) is 10.5. The van der Waals surface area contributed by atoms with Gasteiger partial charge in [-0.1, -0.05) is 12.1 Å². The molecule has 3 heterocycles. The van der Waals surface area contributed by atoms with Crippen LogP contribution in [-0.2, 0) is 34.2 Å². The zero-order chi connectivity index (χ0) is 22.1. The fourth-order valence-corrected chi connectivity index (χ4v) is 6.22. The second kappa shape index (κ2) is 8.63. The molecule has 1 aliphatic carbocycles. The summed E-state index contributed by atoms with van der Waals surface area (Å²) in [6.45, 7) is 0.994. The first-order chi connectivity index (χ1) is 15.5. The van der Waals surface area contributed by atoms with Crippen molar-refractivity contribution in [1.29, 1.82) is 0 Å². The number of piperidine rings is 1. The molecular formula is C23H27N5O3S. The number of benzene rings is 1. The summed E-state index contributed by atoms with van der Waals surface area (Å²) >= 11 is 0. The quantitative estimate of drug-likeness (QED) is 0.640. The first-order valence-corrected chi connectivity index (χ1v) is 12.6. The van der Waals surface area contributed by atoms with E-state index >= 15 is 0 Å². The van der Waals surface area contributed by atoms with Gasteiger partial charge in [0.05, 0.1) is 11.4 Å². The van der Waals surface area contributed by atoms with Crippen molar-refractivity contribution in [2.45, 2.75) is 50.0 Å². The van der Waals surface area contributed by atoms with Crippen LogP contribution in [0, 0.1) is 5.92 Å². The van der Waals surface area contributed by atoms with Crippen molar-refractivity contribution in [3.8, 4) is 0 Å². The van der Waals surface area contributed by atoms with Crippen molar-refractivity contribution >= 4 is 21.6 Å². The van der Waals surface area contributed by atoms with Crippen LogP contribution in [0.25, 0.3) is 5.65 Å². The maximum Gasteiger partial charge on any atom is 0.243 e. The molecule has 168 valence electrons. The summed E-state index contributed by atoms with van der Waals surface area (Å²) in [5.41, 5.74) is 3.16. The van der Waals surface area contributed by atoms with Crippen molar-refractivity contribution in [3.63, 3.8) is 0 Å². The summed E-state index contributed by atoms with van der Waals surface area (Å²) < 4.78 is 29.7. The molecule has 0 spiro atoms. The second-order valence-electron chi connectivity index (χ2n) is 8.58. The number of hydrogen-bond acceptors (Lipinski definition) is 5. The Morgan fingerprint density at radius 1 is 1.03 bits per heavy atom. The molecule has 0 bridgehead atoms. The Morgan fingerprint density at radius 2 is 1.81 bits per heavy atom. The Hall–Kier alpha value is -2.78. The maximum absolute atomic E-state index is 13.2. The lowest BCUT2D eigenvalue weighted by atomic mass is 9.92. The molecule has 0 radical (unpaired) electrons. The standard InChI is InChI=1S/C23H27N5O3S/c29-23(24-16-22-26-25-21-7-3-4-12-28(21)22)18-10-13-27(14-11-18)32(30,31)20-9-8-17-5-1-2-6-19(17)15-20/h3-4,7-9,12,15,18H,1-2,5-6,10-11,13-14,16H2,(H,24,29). The van der Waals surface area contributed by atoms with Gasteiger partial charge < -0.3 is 5.32 Å². The fraction of sp³-hybridized carbons (Fsp3) is 0.435. The van der Waals surface area contributed by atoms with Gasteiger partial charge in [0, 0.05) is 25.2 Å². The lowest BCUT2D eigenvalue weighted by Gasteiger charge is -2.30. The number of aromatic nitrogens is 3. The van der Waals surface area contributed by atoms with Gasteiger partial charge in [-0.3, -0.25) is 9.20 Å². The summed E-state index contributed by atoms with van der Waals surface area (Å²) in [6, 6.07) is 11.2. The Kier molecular flexibility index (Phi) is 5.69. The number of nitrogens with zero attached hydrogens (tertiary/aromatic N) is 4. The van der Waals surface area contributed by atoms with E-state index in [0.29, 0.717) is 36.7 Å². The number of fused-ring (bicyclic) bond motifs is 2. The van der Waals surface area contributed by atoms with Crippen LogP contribution in [-0.4, -0.2) is 46.3 Å². The monoisotopic (exact) mass is 453 g/mol. The number of hydrogen-bond donors (Lipinski definition) is 1. The average Bonchev–Trinajstić information content (AvgIpc) is 3.25. The minimum Gasteiger partial charge on any atom is -0.349 e. The smallest absolute Gasteiger partial charge is 0.243 e. The highest BCUT2D eigenvalue weighted by atomic mass is 32.2. The number of amides is 1. The molecule has 1 aromatic carbocycles. The highest BCUT2D eigenvalue weighted by Gasteiger charge is 2.32. The van der Waals surface area contributed by atoms with Gasteiger partial charge in [-0.15, -0.1) is 10.2 Å². The minimum atomic E-state index is -3.54. The van der Waals surface area contributed by atoms with Crippen molar-refractivity contribution in [1.82, 2.24) is 24.2 Å². The van der Waals surface area contributed by atoms with Gasteiger partial charge in [-0.2, -0.15) is 4.31 Å². The van der Waals surface area contributed by atoms with Crippen LogP contribution in [0.5, 0.6) is 0 Å². The van der Waals surface area contributed by atoms with E-state index < -0.39 is 10.0 Å². The van der Waals surface area contributed by atoms with Crippen LogP contribution < -0.4 is 5.32 Å². The summed E-state index contributed by atoms with van der Waals surface area (Å²) in [4.78, 5) is 13.1. The van der Waals surface area contributed by atoms with Crippen LogP contribution in [0.2, 0.25) is 0 Å². The molecule has 5 rings (SSSR count). The van der Waals surface area contributed by atoms with Gasteiger partial charge in [0.2, 0.25) is 15.9 Å². The van der Waals surface area contributed by atoms with E-state index in [-0.39, 0.29) is 18.4 Å². The van der Waals surface area contributed by atoms with Gasteiger partial charge in [0.25, 0.3) is 0 Å². The molecule has 9 heteroatoms. The summed E-state index contributed by atoms with van der Waals surface area (Å²) in [5, 5.41) is 11.2. The van der Waals surface area contributed by atoms with E-state index in [1.54, 1.807) is 6.07 Å². The summed E-state index contributed by atoms with van der Waals surface area (Å²) in [6.07, 6.45) is 7.14. The summed E-state index contributed by atoms with van der Waals surface area (Å²) in [5.74, 6) is 0.397. The molecule has 1 N–H and O–H groups in total. The molecule has 8 nitrogen and oxygen atoms in total. The topological polar surface area (TPSA) is 96.7 Å². The van der Waals surface area contributed by atoms with Crippen LogP contribution >= 0.6 is 0 Å². The van der Waals surface area contributed by atoms with Crippen molar-refractivity contribution in [3.05, 3.63) is 59.5 Å². The number of carbonyl (C=O) groups is 1. The fourth-order valence-electron chi connectivity index (χ4n) is 4.70. The molecule has 0 unspecified atom stereocenters. The molecule has 0 saturated carbocycles. The zero-order valence-corrected chi connectivity index (χ0v) is 18.7. The molecule has 1 aliphatic heterocycles. The Bertz CT molecular complexity index is 1250. The number of nitrogens with one attached hydrogen (secondary N) is 1. The highest BCUT2D eigenvalue weighted by molar-refractivity contribution is 7.89. The lowest BCUT2D eigenvalue weighted by Crippen LogP contribution is -2.43. The van der Waals surface area contributed by atoms with Gasteiger partial charge in [-0.25, -0.2) is 8.42 Å². The third kappa shape index (κ3) is 4.02. The Balaban J connectivity index is 1.19. The van der Waals surface area contributed by atoms with Crippen LogP contribution in [0.4, 0.5) is 0 Å². The van der Waals surface area contributed by atoms with Gasteiger partial charge in [0.1, 0.15) is 0 Å². The highest BCUT2D eigenvalue weighted by Crippen LogP contribution is 2.28. The molecule has 1 fully saturated rings. The first kappa shape index (κ1) is 21.1. The molecule has 2 aromatic heterocycles. The SMILES string of the molecule is O=C(NCc1nnc2ccccn12)C1CCN(S(=O)(=O)c2ccc3c(c2)CCCC3)CC1. The zero-order valence-electron chi connectivity index (χ0n) is 17.9. The Morgan fingerprint density at radius 3 is 2.62 bits per heavy atom. The molecular weight excluding hydrogens is 426 g/mol. The number of aryl methyl sites for hydroxylation is 2. The summed E-state index contributed by atoms with van der Waals surface area (Å²) in [7, 11) is -3.54. The van der Waals surface area contributed by atoms with Crippen LogP contribution in [0.15, 0.2) is 47.5 Å². The minimum absolute atomic E-state index is 0.0662. The number of sulfonamides is 1. The van der Waals surface area contributed by atoms with Crippen LogP contribution in [0.3, 0.4) is 0 Å².